The van der Waals surface area contributed by atoms with Crippen molar-refractivity contribution in [2.24, 2.45) is 0 Å². The van der Waals surface area contributed by atoms with Crippen LogP contribution in [0.2, 0.25) is 0 Å². The fourth-order valence-corrected chi connectivity index (χ4v) is 1.93. The third-order valence-corrected chi connectivity index (χ3v) is 3.07. The summed E-state index contributed by atoms with van der Waals surface area (Å²) in [7, 11) is 0. The van der Waals surface area contributed by atoms with Crippen LogP contribution >= 0.6 is 0 Å². The van der Waals surface area contributed by atoms with Crippen molar-refractivity contribution in [3.05, 3.63) is 71.9 Å². The Hall–Kier alpha value is -3.29. The van der Waals surface area contributed by atoms with Gasteiger partial charge in [-0.2, -0.15) is 0 Å². The molecule has 0 saturated carbocycles. The van der Waals surface area contributed by atoms with Gasteiger partial charge in [0.2, 0.25) is 5.95 Å². The highest BCUT2D eigenvalue weighted by Crippen LogP contribution is 2.18. The number of anilines is 2. The zero-order valence-electron chi connectivity index (χ0n) is 12.3. The van der Waals surface area contributed by atoms with Crippen molar-refractivity contribution in [3.8, 4) is 0 Å². The quantitative estimate of drug-likeness (QED) is 0.752. The van der Waals surface area contributed by atoms with E-state index in [4.69, 9.17) is 4.42 Å². The molecule has 6 nitrogen and oxygen atoms in total. The molecule has 3 rings (SSSR count). The molecule has 0 fully saturated rings. The summed E-state index contributed by atoms with van der Waals surface area (Å²) >= 11 is 0. The topological polar surface area (TPSA) is 80.0 Å². The second-order valence-corrected chi connectivity index (χ2v) is 4.78. The predicted molar refractivity (Wildman–Crippen MR) is 81.6 cm³/mol. The molecule has 2 N–H and O–H groups in total. The Balaban J connectivity index is 1.70. The van der Waals surface area contributed by atoms with E-state index in [1.165, 1.54) is 24.6 Å². The van der Waals surface area contributed by atoms with Gasteiger partial charge in [-0.25, -0.2) is 18.7 Å². The van der Waals surface area contributed by atoms with Crippen molar-refractivity contribution in [3.63, 3.8) is 0 Å². The number of nitrogens with one attached hydrogen (secondary N) is 2. The summed E-state index contributed by atoms with van der Waals surface area (Å²) in [4.78, 5) is 20.0. The maximum Gasteiger partial charge on any atom is 0.270 e. The smallest absolute Gasteiger partial charge is 0.270 e. The van der Waals surface area contributed by atoms with Crippen LogP contribution in [0.15, 0.2) is 53.3 Å². The van der Waals surface area contributed by atoms with Gasteiger partial charge < -0.3 is 15.1 Å². The number of rotatable bonds is 5. The van der Waals surface area contributed by atoms with Crippen LogP contribution in [-0.4, -0.2) is 15.9 Å². The number of aromatic nitrogens is 2. The number of benzene rings is 1. The lowest BCUT2D eigenvalue weighted by Gasteiger charge is -2.07. The van der Waals surface area contributed by atoms with E-state index >= 15 is 0 Å². The van der Waals surface area contributed by atoms with Gasteiger partial charge in [-0.15, -0.1) is 0 Å². The van der Waals surface area contributed by atoms with E-state index in [0.29, 0.717) is 5.76 Å². The normalized spacial score (nSPS) is 10.4. The maximum atomic E-state index is 13.6. The Labute approximate surface area is 135 Å². The molecule has 0 unspecified atom stereocenters. The van der Waals surface area contributed by atoms with Crippen LogP contribution in [0.3, 0.4) is 0 Å². The van der Waals surface area contributed by atoms with E-state index in [-0.39, 0.29) is 23.9 Å². The number of hydrogen-bond acceptors (Lipinski definition) is 5. The van der Waals surface area contributed by atoms with Crippen molar-refractivity contribution in [1.82, 2.24) is 15.3 Å². The Morgan fingerprint density at radius 3 is 2.83 bits per heavy atom. The molecule has 0 radical (unpaired) electrons. The standard InChI is InChI=1S/C16H12F2N4O2/c17-10-3-4-13(12(18)8-10)21-16-19-6-5-14(22-16)15(23)20-9-11-2-1-7-24-11/h1-8H,9H2,(H,20,23)(H,19,21,22). The molecule has 3 aromatic rings. The third kappa shape index (κ3) is 3.72. The van der Waals surface area contributed by atoms with Crippen LogP contribution in [0.25, 0.3) is 0 Å². The molecule has 2 heterocycles. The molecule has 1 aromatic carbocycles. The van der Waals surface area contributed by atoms with Crippen LogP contribution in [0.1, 0.15) is 16.2 Å². The predicted octanol–water partition coefficient (Wildman–Crippen LogP) is 3.02. The minimum Gasteiger partial charge on any atom is -0.467 e. The van der Waals surface area contributed by atoms with Crippen molar-refractivity contribution >= 4 is 17.5 Å². The fourth-order valence-electron chi connectivity index (χ4n) is 1.93. The first-order chi connectivity index (χ1) is 11.6. The Morgan fingerprint density at radius 1 is 1.21 bits per heavy atom. The minimum absolute atomic E-state index is 0.00421. The Kier molecular flexibility index (Phi) is 4.46. The zero-order valence-corrected chi connectivity index (χ0v) is 12.3. The Morgan fingerprint density at radius 2 is 2.08 bits per heavy atom. The summed E-state index contributed by atoms with van der Waals surface area (Å²) in [5.74, 6) is -1.29. The Bertz CT molecular complexity index is 853. The highest BCUT2D eigenvalue weighted by molar-refractivity contribution is 5.92. The molecule has 0 atom stereocenters. The molecule has 0 aliphatic carbocycles. The number of carbonyl (C=O) groups is 1. The van der Waals surface area contributed by atoms with Gasteiger partial charge in [0.05, 0.1) is 18.5 Å². The monoisotopic (exact) mass is 330 g/mol. The van der Waals surface area contributed by atoms with Crippen molar-refractivity contribution in [2.45, 2.75) is 6.54 Å². The van der Waals surface area contributed by atoms with E-state index in [1.807, 2.05) is 0 Å². The molecule has 0 aliphatic heterocycles. The van der Waals surface area contributed by atoms with Gasteiger partial charge in [-0.05, 0) is 30.3 Å². The van der Waals surface area contributed by atoms with Gasteiger partial charge >= 0.3 is 0 Å². The van der Waals surface area contributed by atoms with Gasteiger partial charge in [0, 0.05) is 12.3 Å². The molecule has 24 heavy (non-hydrogen) atoms. The molecule has 122 valence electrons. The van der Waals surface area contributed by atoms with Gasteiger partial charge in [0.15, 0.2) is 0 Å². The largest absolute Gasteiger partial charge is 0.467 e. The molecule has 0 bridgehead atoms. The highest BCUT2D eigenvalue weighted by atomic mass is 19.1. The highest BCUT2D eigenvalue weighted by Gasteiger charge is 2.11. The lowest BCUT2D eigenvalue weighted by Crippen LogP contribution is -2.24. The number of furan rings is 1. The van der Waals surface area contributed by atoms with Crippen molar-refractivity contribution < 1.29 is 18.0 Å². The summed E-state index contributed by atoms with van der Waals surface area (Å²) in [5.41, 5.74) is 0.103. The molecule has 1 amide bonds. The number of carbonyl (C=O) groups excluding carboxylic acids is 1. The van der Waals surface area contributed by atoms with E-state index in [9.17, 15) is 13.6 Å². The summed E-state index contributed by atoms with van der Waals surface area (Å²) < 4.78 is 31.6. The first-order valence-electron chi connectivity index (χ1n) is 6.97. The van der Waals surface area contributed by atoms with Crippen LogP contribution in [0.4, 0.5) is 20.4 Å². The van der Waals surface area contributed by atoms with E-state index < -0.39 is 17.5 Å². The zero-order chi connectivity index (χ0) is 16.9. The maximum absolute atomic E-state index is 13.6. The summed E-state index contributed by atoms with van der Waals surface area (Å²) in [6.45, 7) is 0.213. The van der Waals surface area contributed by atoms with Crippen molar-refractivity contribution in [1.29, 1.82) is 0 Å². The summed E-state index contributed by atoms with van der Waals surface area (Å²) in [5, 5.41) is 5.24. The van der Waals surface area contributed by atoms with E-state index in [1.54, 1.807) is 12.1 Å². The fraction of sp³-hybridized carbons (Fsp3) is 0.0625. The first kappa shape index (κ1) is 15.6. The van der Waals surface area contributed by atoms with E-state index in [0.717, 1.165) is 12.1 Å². The van der Waals surface area contributed by atoms with Crippen LogP contribution in [-0.2, 0) is 6.54 Å². The lowest BCUT2D eigenvalue weighted by atomic mass is 10.3. The van der Waals surface area contributed by atoms with E-state index in [2.05, 4.69) is 20.6 Å². The molecule has 2 aromatic heterocycles. The molecule has 0 saturated heterocycles. The number of halogens is 2. The molecule has 8 heteroatoms. The van der Waals surface area contributed by atoms with Crippen molar-refractivity contribution in [2.75, 3.05) is 5.32 Å². The lowest BCUT2D eigenvalue weighted by molar-refractivity contribution is 0.0943. The van der Waals surface area contributed by atoms with Crippen LogP contribution in [0.5, 0.6) is 0 Å². The van der Waals surface area contributed by atoms with Gasteiger partial charge in [-0.3, -0.25) is 4.79 Å². The average molecular weight is 330 g/mol. The molecule has 0 spiro atoms. The van der Waals surface area contributed by atoms with Crippen LogP contribution < -0.4 is 10.6 Å². The SMILES string of the molecule is O=C(NCc1ccco1)c1ccnc(Nc2ccc(F)cc2F)n1. The second-order valence-electron chi connectivity index (χ2n) is 4.78. The minimum atomic E-state index is -0.786. The summed E-state index contributed by atoms with van der Waals surface area (Å²) in [6, 6.07) is 7.92. The van der Waals surface area contributed by atoms with Gasteiger partial charge in [0.1, 0.15) is 23.1 Å². The molecular weight excluding hydrogens is 318 g/mol. The second kappa shape index (κ2) is 6.86. The molecular formula is C16H12F2N4O2. The number of nitrogens with zero attached hydrogens (tertiary/aromatic N) is 2. The van der Waals surface area contributed by atoms with Crippen LogP contribution in [0, 0.1) is 11.6 Å². The first-order valence-corrected chi connectivity index (χ1v) is 6.97. The summed E-state index contributed by atoms with van der Waals surface area (Å²) in [6.07, 6.45) is 2.87. The number of amides is 1. The van der Waals surface area contributed by atoms with Gasteiger partial charge in [0.25, 0.3) is 5.91 Å². The number of hydrogen-bond donors (Lipinski definition) is 2. The van der Waals surface area contributed by atoms with Gasteiger partial charge in [-0.1, -0.05) is 0 Å². The molecule has 0 aliphatic rings. The average Bonchev–Trinajstić information content (AvgIpc) is 3.09. The third-order valence-electron chi connectivity index (χ3n) is 3.07.